The summed E-state index contributed by atoms with van der Waals surface area (Å²) in [7, 11) is 1.34. The average Bonchev–Trinajstić information content (AvgIpc) is 3.67. The summed E-state index contributed by atoms with van der Waals surface area (Å²) in [6, 6.07) is -2.73. The van der Waals surface area contributed by atoms with Crippen molar-refractivity contribution in [2.45, 2.75) is 149 Å². The molecule has 60 heavy (non-hydrogen) atoms. The Kier molecular flexibility index (Phi) is 16.7. The zero-order valence-corrected chi connectivity index (χ0v) is 37.3. The summed E-state index contributed by atoms with van der Waals surface area (Å²) in [5.41, 5.74) is 1.05. The van der Waals surface area contributed by atoms with Gasteiger partial charge in [0.1, 0.15) is 23.1 Å². The van der Waals surface area contributed by atoms with Gasteiger partial charge in [-0.1, -0.05) is 26.7 Å². The largest absolute Gasteiger partial charge is 0.492 e. The summed E-state index contributed by atoms with van der Waals surface area (Å²) in [6.07, 6.45) is 2.19. The fourth-order valence-corrected chi connectivity index (χ4v) is 7.92. The van der Waals surface area contributed by atoms with Crippen molar-refractivity contribution >= 4 is 29.5 Å². The maximum absolute atomic E-state index is 13.2. The molecule has 16 heteroatoms. The van der Waals surface area contributed by atoms with E-state index in [1.54, 1.807) is 55.4 Å². The fourth-order valence-electron chi connectivity index (χ4n) is 7.92. The van der Waals surface area contributed by atoms with Gasteiger partial charge in [0, 0.05) is 41.1 Å². The van der Waals surface area contributed by atoms with E-state index in [-0.39, 0.29) is 74.5 Å². The molecule has 3 aliphatic heterocycles. The van der Waals surface area contributed by atoms with E-state index in [9.17, 15) is 34.2 Å². The van der Waals surface area contributed by atoms with E-state index in [1.807, 2.05) is 6.92 Å². The number of carbonyl (C=O) groups is 5. The molecule has 0 aromatic carbocycles. The van der Waals surface area contributed by atoms with Crippen molar-refractivity contribution < 1.29 is 67.3 Å². The number of carbonyl (C=O) groups excluding carboxylic acids is 5. The zero-order chi connectivity index (χ0) is 44.7. The summed E-state index contributed by atoms with van der Waals surface area (Å²) >= 11 is 0. The Balaban J connectivity index is 0.000000265. The van der Waals surface area contributed by atoms with Crippen LogP contribution in [0.15, 0.2) is 45.0 Å². The molecule has 5 atom stereocenters. The number of ketones is 3. The van der Waals surface area contributed by atoms with Gasteiger partial charge in [0.25, 0.3) is 0 Å². The number of unbranched alkanes of at least 4 members (excludes halogenated alkanes) is 2. The SMILES string of the molecule is CCCCOC[C@H]1C2=C(C[C@@H](CO)N1C(=O)OC(C)(C)C)C(=O)C(C)=C(OC)C2=O.CCCCOC[C@H]1C2=C(C[C@@H](CO)N1C(=O)OC(C)(C)C)C(=O)C(C)=C1OCOC12. The summed E-state index contributed by atoms with van der Waals surface area (Å²) < 4.78 is 39.4. The number of aliphatic hydroxyl groups is 2. The molecule has 16 nitrogen and oxygen atoms in total. The number of fused-ring (bicyclic) bond motifs is 2. The lowest BCUT2D eigenvalue weighted by Gasteiger charge is -2.45. The highest BCUT2D eigenvalue weighted by atomic mass is 16.7. The molecule has 5 aliphatic rings. The fraction of sp³-hybridized carbons (Fsp3) is 0.705. The van der Waals surface area contributed by atoms with E-state index in [4.69, 9.17) is 33.2 Å². The van der Waals surface area contributed by atoms with E-state index in [2.05, 4.69) is 6.92 Å². The number of rotatable bonds is 13. The number of hydrogen-bond donors (Lipinski definition) is 2. The molecule has 0 aromatic rings. The van der Waals surface area contributed by atoms with E-state index < -0.39 is 59.4 Å². The highest BCUT2D eigenvalue weighted by Crippen LogP contribution is 2.43. The first-order chi connectivity index (χ1) is 28.3. The number of Topliss-reactive ketones (excluding diaryl/α,β-unsaturated/α-hetero) is 3. The summed E-state index contributed by atoms with van der Waals surface area (Å²) in [4.78, 5) is 68.3. The molecule has 5 rings (SSSR count). The summed E-state index contributed by atoms with van der Waals surface area (Å²) in [5, 5.41) is 20.1. The van der Waals surface area contributed by atoms with E-state index in [1.165, 1.54) is 16.9 Å². The molecule has 2 N–H and O–H groups in total. The second-order valence-electron chi connectivity index (χ2n) is 17.5. The van der Waals surface area contributed by atoms with Gasteiger partial charge < -0.3 is 43.4 Å². The number of ether oxygens (including phenoxy) is 7. The summed E-state index contributed by atoms with van der Waals surface area (Å²) in [5.74, 6) is -0.378. The molecule has 2 aliphatic carbocycles. The third-order valence-electron chi connectivity index (χ3n) is 10.7. The van der Waals surface area contributed by atoms with Crippen LogP contribution in [-0.4, -0.2) is 145 Å². The molecule has 0 saturated carbocycles. The molecule has 1 saturated heterocycles. The molecular weight excluding hydrogens is 780 g/mol. The van der Waals surface area contributed by atoms with Crippen LogP contribution < -0.4 is 0 Å². The Morgan fingerprint density at radius 3 is 1.70 bits per heavy atom. The van der Waals surface area contributed by atoms with Crippen LogP contribution in [0.1, 0.15) is 108 Å². The topological polar surface area (TPSA) is 197 Å². The van der Waals surface area contributed by atoms with Gasteiger partial charge in [-0.3, -0.25) is 24.2 Å². The molecule has 0 bridgehead atoms. The van der Waals surface area contributed by atoms with Gasteiger partial charge in [-0.2, -0.15) is 0 Å². The van der Waals surface area contributed by atoms with E-state index in [0.29, 0.717) is 41.3 Å². The number of amides is 2. The molecular formula is C44H66N2O14. The Morgan fingerprint density at radius 2 is 1.22 bits per heavy atom. The highest BCUT2D eigenvalue weighted by Gasteiger charge is 2.51. The monoisotopic (exact) mass is 846 g/mol. The average molecular weight is 847 g/mol. The standard InChI is InChI=1S/2C22H33NO7/c1-6-7-8-27-11-16-17-15(18(25)13(2)19-20(17)29-12-28-19)9-14(10-24)23(16)21(26)30-22(3,4)5;1-7-8-9-29-12-16-17-15(18(25)13(2)20(28-6)19(17)26)10-14(11-24)23(16)21(27)30-22(3,4)5/h14,16,20,24H,6-12H2,1-5H3;14,16,24H,7-12H2,1-6H3/t14-,16-,20?;14-,16-/m00/s1. The van der Waals surface area contributed by atoms with Crippen molar-refractivity contribution in [3.05, 3.63) is 45.0 Å². The number of methoxy groups -OCH3 is 1. The van der Waals surface area contributed by atoms with Crippen molar-refractivity contribution in [3.63, 3.8) is 0 Å². The van der Waals surface area contributed by atoms with Gasteiger partial charge >= 0.3 is 12.2 Å². The Hall–Kier alpha value is -4.09. The normalized spacial score (nSPS) is 24.5. The molecule has 1 unspecified atom stereocenters. The van der Waals surface area contributed by atoms with Gasteiger partial charge in [0.15, 0.2) is 24.1 Å². The van der Waals surface area contributed by atoms with Gasteiger partial charge in [-0.05, 0) is 86.6 Å². The highest BCUT2D eigenvalue weighted by molar-refractivity contribution is 6.25. The van der Waals surface area contributed by atoms with Crippen LogP contribution >= 0.6 is 0 Å². The minimum atomic E-state index is -0.854. The van der Waals surface area contributed by atoms with Gasteiger partial charge in [-0.25, -0.2) is 9.59 Å². The third-order valence-corrected chi connectivity index (χ3v) is 10.7. The van der Waals surface area contributed by atoms with Crippen LogP contribution in [0.25, 0.3) is 0 Å². The Bertz CT molecular complexity index is 1760. The van der Waals surface area contributed by atoms with E-state index >= 15 is 0 Å². The lowest BCUT2D eigenvalue weighted by Crippen LogP contribution is -2.58. The van der Waals surface area contributed by atoms with Crippen LogP contribution in [0, 0.1) is 0 Å². The first-order valence-electron chi connectivity index (χ1n) is 21.0. The minimum Gasteiger partial charge on any atom is -0.492 e. The molecule has 336 valence electrons. The van der Waals surface area contributed by atoms with Crippen molar-refractivity contribution in [2.75, 3.05) is 53.5 Å². The number of aliphatic hydroxyl groups excluding tert-OH is 2. The maximum atomic E-state index is 13.2. The molecule has 3 heterocycles. The predicted octanol–water partition coefficient (Wildman–Crippen LogP) is 5.24. The van der Waals surface area contributed by atoms with Crippen LogP contribution in [0.5, 0.6) is 0 Å². The van der Waals surface area contributed by atoms with Crippen molar-refractivity contribution in [3.8, 4) is 0 Å². The van der Waals surface area contributed by atoms with Crippen molar-refractivity contribution in [1.82, 2.24) is 9.80 Å². The number of allylic oxidation sites excluding steroid dienone is 3. The maximum Gasteiger partial charge on any atom is 0.411 e. The summed E-state index contributed by atoms with van der Waals surface area (Å²) in [6.45, 7) is 18.6. The van der Waals surface area contributed by atoms with Crippen molar-refractivity contribution in [1.29, 1.82) is 0 Å². The van der Waals surface area contributed by atoms with Crippen LogP contribution in [0.4, 0.5) is 9.59 Å². The van der Waals surface area contributed by atoms with Crippen molar-refractivity contribution in [2.24, 2.45) is 0 Å². The zero-order valence-electron chi connectivity index (χ0n) is 37.3. The van der Waals surface area contributed by atoms with Crippen LogP contribution in [0.2, 0.25) is 0 Å². The van der Waals surface area contributed by atoms with Crippen LogP contribution in [-0.2, 0) is 47.5 Å². The Morgan fingerprint density at radius 1 is 0.733 bits per heavy atom. The second kappa shape index (κ2) is 20.6. The molecule has 2 amide bonds. The smallest absolute Gasteiger partial charge is 0.411 e. The lowest BCUT2D eigenvalue weighted by molar-refractivity contribution is -0.120. The van der Waals surface area contributed by atoms with Gasteiger partial charge in [0.05, 0.1) is 57.7 Å². The van der Waals surface area contributed by atoms with Gasteiger partial charge in [0.2, 0.25) is 5.78 Å². The van der Waals surface area contributed by atoms with Crippen LogP contribution in [0.3, 0.4) is 0 Å². The first-order valence-corrected chi connectivity index (χ1v) is 21.0. The number of hydrogen-bond acceptors (Lipinski definition) is 14. The second-order valence-corrected chi connectivity index (χ2v) is 17.5. The number of nitrogens with zero attached hydrogens (tertiary/aromatic N) is 2. The predicted molar refractivity (Wildman–Crippen MR) is 218 cm³/mol. The van der Waals surface area contributed by atoms with Gasteiger partial charge in [-0.15, -0.1) is 0 Å². The quantitative estimate of drug-likeness (QED) is 0.180. The first kappa shape index (κ1) is 48.6. The lowest BCUT2D eigenvalue weighted by atomic mass is 9.77. The Labute approximate surface area is 353 Å². The molecule has 0 radical (unpaired) electrons. The molecule has 0 aromatic heterocycles. The minimum absolute atomic E-state index is 0.0175. The molecule has 1 fully saturated rings. The van der Waals surface area contributed by atoms with E-state index in [0.717, 1.165) is 25.7 Å². The third kappa shape index (κ3) is 10.9. The molecule has 0 spiro atoms.